The molecule has 6 fully saturated rings. The molecule has 0 aromatic heterocycles. The molecule has 6 nitrogen and oxygen atoms in total. The largest absolute Gasteiger partial charge is 0.390 e. The zero-order valence-electron chi connectivity index (χ0n) is 27.1. The number of fused-ring (bicyclic) bond motifs is 8. The van der Waals surface area contributed by atoms with Gasteiger partial charge in [0.1, 0.15) is 30.2 Å². The number of Topliss-reactive ketones (excluding diaryl/α,β-unsaturated/α-hetero) is 1. The van der Waals surface area contributed by atoms with Crippen molar-refractivity contribution >= 4 is 5.78 Å². The quantitative estimate of drug-likeness (QED) is 0.280. The van der Waals surface area contributed by atoms with Gasteiger partial charge < -0.3 is 24.8 Å². The van der Waals surface area contributed by atoms with Crippen LogP contribution < -0.4 is 0 Å². The van der Waals surface area contributed by atoms with Crippen molar-refractivity contribution in [3.05, 3.63) is 11.6 Å². The van der Waals surface area contributed by atoms with Crippen molar-refractivity contribution in [3.8, 4) is 0 Å². The molecule has 13 atom stereocenters. The van der Waals surface area contributed by atoms with Gasteiger partial charge in [0.15, 0.2) is 6.29 Å². The number of hydrogen-bond acceptors (Lipinski definition) is 6. The summed E-state index contributed by atoms with van der Waals surface area (Å²) in [6.07, 6.45) is 9.08. The predicted molar refractivity (Wildman–Crippen MR) is 160 cm³/mol. The first-order valence-electron chi connectivity index (χ1n) is 17.1. The molecule has 4 saturated carbocycles. The molecule has 6 heteroatoms. The lowest BCUT2D eigenvalue weighted by Gasteiger charge is -2.71. The Balaban J connectivity index is 1.23. The van der Waals surface area contributed by atoms with Crippen LogP contribution in [0.1, 0.15) is 119 Å². The first-order chi connectivity index (χ1) is 19.5. The minimum Gasteiger partial charge on any atom is -0.390 e. The van der Waals surface area contributed by atoms with Crippen LogP contribution in [0.3, 0.4) is 0 Å². The van der Waals surface area contributed by atoms with E-state index >= 15 is 0 Å². The van der Waals surface area contributed by atoms with Crippen LogP contribution in [0.25, 0.3) is 0 Å². The maximum Gasteiger partial charge on any atom is 0.187 e. The zero-order valence-corrected chi connectivity index (χ0v) is 27.1. The lowest BCUT2D eigenvalue weighted by Crippen LogP contribution is -2.64. The highest BCUT2D eigenvalue weighted by molar-refractivity contribution is 5.85. The third-order valence-corrected chi connectivity index (χ3v) is 15.4. The average molecular weight is 585 g/mol. The van der Waals surface area contributed by atoms with E-state index in [1.54, 1.807) is 5.57 Å². The summed E-state index contributed by atoms with van der Waals surface area (Å²) in [5.41, 5.74) is 2.03. The third-order valence-electron chi connectivity index (χ3n) is 15.4. The van der Waals surface area contributed by atoms with Crippen molar-refractivity contribution in [1.29, 1.82) is 0 Å². The van der Waals surface area contributed by atoms with Crippen molar-refractivity contribution < 1.29 is 29.6 Å². The number of ketones is 1. The second-order valence-corrected chi connectivity index (χ2v) is 18.0. The predicted octanol–water partition coefficient (Wildman–Crippen LogP) is 5.95. The number of allylic oxidation sites excluding steroid dienone is 2. The Hall–Kier alpha value is -0.790. The molecule has 2 saturated heterocycles. The van der Waals surface area contributed by atoms with Gasteiger partial charge in [0.2, 0.25) is 0 Å². The molecule has 2 aliphatic heterocycles. The molecule has 2 heterocycles. The molecule has 7 rings (SSSR count). The Morgan fingerprint density at radius 3 is 2.36 bits per heavy atom. The summed E-state index contributed by atoms with van der Waals surface area (Å²) in [7, 11) is 0. The van der Waals surface area contributed by atoms with Gasteiger partial charge in [0.25, 0.3) is 0 Å². The molecule has 7 aliphatic rings. The minimum atomic E-state index is -1.14. The van der Waals surface area contributed by atoms with E-state index in [0.29, 0.717) is 36.4 Å². The number of epoxide rings is 1. The van der Waals surface area contributed by atoms with Crippen LogP contribution in [0, 0.1) is 50.2 Å². The molecular weight excluding hydrogens is 528 g/mol. The molecule has 0 spiro atoms. The van der Waals surface area contributed by atoms with E-state index in [2.05, 4.69) is 54.5 Å². The van der Waals surface area contributed by atoms with Gasteiger partial charge in [-0.2, -0.15) is 0 Å². The normalized spacial score (nSPS) is 54.7. The standard InChI is InChI=1S/C36H56O6/c1-31(2)14-16-36(19-22(37)28-26(39)27(40)29-30(41-28)42-29)17-15-34(6)20(21(36)18-31)8-9-24-33(5)12-11-25(38)32(3,4)23(33)10-13-35(24,34)7/h8,21-24,26-30,37,39-40H,9-19H2,1-7H3/t21?,22-,23?,24?,26+,27?,28+,29-,30?,33+,34-,35-,36-/m1/s1. The fourth-order valence-electron chi connectivity index (χ4n) is 12.5. The van der Waals surface area contributed by atoms with Gasteiger partial charge in [0.05, 0.1) is 6.10 Å². The van der Waals surface area contributed by atoms with Crippen LogP contribution in [-0.2, 0) is 14.3 Å². The summed E-state index contributed by atoms with van der Waals surface area (Å²) in [6, 6.07) is 0. The number of hydrogen-bond donors (Lipinski definition) is 3. The molecule has 236 valence electrons. The maximum atomic E-state index is 13.1. The van der Waals surface area contributed by atoms with Crippen molar-refractivity contribution in [3.63, 3.8) is 0 Å². The van der Waals surface area contributed by atoms with Crippen molar-refractivity contribution in [2.75, 3.05) is 0 Å². The number of ether oxygens (including phenoxy) is 2. The van der Waals surface area contributed by atoms with Crippen LogP contribution in [-0.4, -0.2) is 57.9 Å². The molecule has 0 radical (unpaired) electrons. The molecule has 0 bridgehead atoms. The van der Waals surface area contributed by atoms with Gasteiger partial charge in [-0.3, -0.25) is 4.79 Å². The highest BCUT2D eigenvalue weighted by Gasteiger charge is 2.68. The molecule has 0 aromatic carbocycles. The number of carbonyl (C=O) groups excluding carboxylic acids is 1. The summed E-state index contributed by atoms with van der Waals surface area (Å²) < 4.78 is 11.3. The number of rotatable bonds is 3. The highest BCUT2D eigenvalue weighted by Crippen LogP contribution is 2.76. The first kappa shape index (κ1) is 29.9. The fourth-order valence-corrected chi connectivity index (χ4v) is 12.5. The summed E-state index contributed by atoms with van der Waals surface area (Å²) in [4.78, 5) is 13.1. The lowest BCUT2D eigenvalue weighted by atomic mass is 9.33. The lowest BCUT2D eigenvalue weighted by molar-refractivity contribution is -0.194. The van der Waals surface area contributed by atoms with E-state index in [4.69, 9.17) is 9.47 Å². The first-order valence-corrected chi connectivity index (χ1v) is 17.1. The van der Waals surface area contributed by atoms with Gasteiger partial charge in [-0.25, -0.2) is 0 Å². The van der Waals surface area contributed by atoms with Gasteiger partial charge in [-0.15, -0.1) is 0 Å². The minimum absolute atomic E-state index is 0.0425. The highest BCUT2D eigenvalue weighted by atomic mass is 16.8. The number of carbonyl (C=O) groups is 1. The Morgan fingerprint density at radius 1 is 0.905 bits per heavy atom. The molecule has 3 N–H and O–H groups in total. The van der Waals surface area contributed by atoms with Gasteiger partial charge in [-0.05, 0) is 109 Å². The SMILES string of the molecule is CC1(C)CC[C@]2(C[C@@H](O)[C@@H]3OC4O[C@@H]4C(O)[C@@H]3O)CC[C@]3(C)C(=CCC4[C@@]5(C)CCC(=O)C(C)(C)C5CC[C@]43C)C2C1. The van der Waals surface area contributed by atoms with Crippen LogP contribution >= 0.6 is 0 Å². The van der Waals surface area contributed by atoms with Gasteiger partial charge in [0, 0.05) is 11.8 Å². The molecule has 5 aliphatic carbocycles. The second kappa shape index (κ2) is 9.15. The topological polar surface area (TPSA) is 99.5 Å². The summed E-state index contributed by atoms with van der Waals surface area (Å²) in [5.74, 6) is 1.86. The van der Waals surface area contributed by atoms with Crippen molar-refractivity contribution in [1.82, 2.24) is 0 Å². The summed E-state index contributed by atoms with van der Waals surface area (Å²) in [6.45, 7) is 17.0. The van der Waals surface area contributed by atoms with Gasteiger partial charge in [-0.1, -0.05) is 60.1 Å². The van der Waals surface area contributed by atoms with E-state index in [1.807, 2.05) is 0 Å². The zero-order chi connectivity index (χ0) is 30.3. The Labute approximate surface area is 253 Å². The molecular formula is C36H56O6. The van der Waals surface area contributed by atoms with Crippen LogP contribution in [0.15, 0.2) is 11.6 Å². The van der Waals surface area contributed by atoms with E-state index < -0.39 is 36.8 Å². The Bertz CT molecular complexity index is 1180. The van der Waals surface area contributed by atoms with E-state index in [0.717, 1.165) is 51.4 Å². The Kier molecular flexibility index (Phi) is 6.51. The van der Waals surface area contributed by atoms with E-state index in [9.17, 15) is 20.1 Å². The summed E-state index contributed by atoms with van der Waals surface area (Å²) in [5, 5.41) is 33.0. The Morgan fingerprint density at radius 2 is 1.62 bits per heavy atom. The second-order valence-electron chi connectivity index (χ2n) is 18.0. The maximum absolute atomic E-state index is 13.1. The number of aliphatic hydroxyl groups excluding tert-OH is 3. The molecule has 5 unspecified atom stereocenters. The van der Waals surface area contributed by atoms with Crippen LogP contribution in [0.5, 0.6) is 0 Å². The monoisotopic (exact) mass is 584 g/mol. The molecule has 42 heavy (non-hydrogen) atoms. The van der Waals surface area contributed by atoms with E-state index in [-0.39, 0.29) is 32.5 Å². The van der Waals surface area contributed by atoms with Crippen molar-refractivity contribution in [2.45, 2.75) is 156 Å². The number of aliphatic hydroxyl groups is 3. The molecule has 0 amide bonds. The third kappa shape index (κ3) is 3.90. The van der Waals surface area contributed by atoms with Gasteiger partial charge >= 0.3 is 0 Å². The fraction of sp³-hybridized carbons (Fsp3) is 0.917. The van der Waals surface area contributed by atoms with E-state index in [1.165, 1.54) is 6.42 Å². The van der Waals surface area contributed by atoms with Crippen molar-refractivity contribution in [2.24, 2.45) is 50.2 Å². The average Bonchev–Trinajstić information content (AvgIpc) is 3.70. The molecule has 0 aromatic rings. The smallest absolute Gasteiger partial charge is 0.187 e. The van der Waals surface area contributed by atoms with Crippen LogP contribution in [0.2, 0.25) is 0 Å². The van der Waals surface area contributed by atoms with Crippen LogP contribution in [0.4, 0.5) is 0 Å². The summed E-state index contributed by atoms with van der Waals surface area (Å²) >= 11 is 0.